The number of methoxy groups -OCH3 is 1. The summed E-state index contributed by atoms with van der Waals surface area (Å²) in [5, 5.41) is 6.23. The number of rotatable bonds is 8. The van der Waals surface area contributed by atoms with Crippen LogP contribution in [0.1, 0.15) is 11.3 Å². The minimum atomic E-state index is 0.757. The number of nitrogens with zero attached hydrogens (tertiary/aromatic N) is 2. The Morgan fingerprint density at radius 1 is 1.21 bits per heavy atom. The Balaban J connectivity index is 2.05. The molecular formula is C18H25N3OS2. The molecule has 130 valence electrons. The van der Waals surface area contributed by atoms with E-state index in [0.29, 0.717) is 0 Å². The first-order valence-corrected chi connectivity index (χ1v) is 9.25. The summed E-state index contributed by atoms with van der Waals surface area (Å²) in [6.45, 7) is 2.68. The Labute approximate surface area is 154 Å². The van der Waals surface area contributed by atoms with Crippen LogP contribution in [0.3, 0.4) is 0 Å². The molecule has 0 aliphatic rings. The molecule has 0 fully saturated rings. The molecule has 0 aliphatic carbocycles. The van der Waals surface area contributed by atoms with Crippen molar-refractivity contribution in [3.8, 4) is 5.75 Å². The zero-order chi connectivity index (χ0) is 17.4. The van der Waals surface area contributed by atoms with E-state index in [1.54, 1.807) is 18.4 Å². The molecule has 1 heterocycles. The van der Waals surface area contributed by atoms with Crippen LogP contribution in [0.4, 0.5) is 5.69 Å². The van der Waals surface area contributed by atoms with Crippen LogP contribution in [0.15, 0.2) is 41.8 Å². The predicted molar refractivity (Wildman–Crippen MR) is 107 cm³/mol. The quantitative estimate of drug-likeness (QED) is 0.571. The lowest BCUT2D eigenvalue weighted by atomic mass is 10.2. The first kappa shape index (κ1) is 18.7. The molecule has 0 atom stereocenters. The second-order valence-electron chi connectivity index (χ2n) is 5.75. The lowest BCUT2D eigenvalue weighted by molar-refractivity contribution is 0.400. The van der Waals surface area contributed by atoms with Crippen LogP contribution in [-0.2, 0) is 6.54 Å². The first-order valence-electron chi connectivity index (χ1n) is 7.96. The van der Waals surface area contributed by atoms with E-state index in [9.17, 15) is 0 Å². The van der Waals surface area contributed by atoms with Crippen LogP contribution in [0.5, 0.6) is 5.75 Å². The number of benzene rings is 1. The average molecular weight is 364 g/mol. The highest BCUT2D eigenvalue weighted by Crippen LogP contribution is 2.22. The van der Waals surface area contributed by atoms with Crippen LogP contribution in [0.2, 0.25) is 0 Å². The van der Waals surface area contributed by atoms with Gasteiger partial charge in [0, 0.05) is 17.1 Å². The molecule has 6 heteroatoms. The Morgan fingerprint density at radius 2 is 1.96 bits per heavy atom. The molecule has 0 saturated heterocycles. The van der Waals surface area contributed by atoms with Gasteiger partial charge in [0.15, 0.2) is 5.11 Å². The molecule has 0 radical (unpaired) electrons. The van der Waals surface area contributed by atoms with Crippen LogP contribution in [-0.4, -0.2) is 44.3 Å². The minimum absolute atomic E-state index is 0.757. The van der Waals surface area contributed by atoms with Gasteiger partial charge in [-0.05, 0) is 75.0 Å². The zero-order valence-electron chi connectivity index (χ0n) is 14.5. The first-order chi connectivity index (χ1) is 11.6. The molecule has 0 bridgehead atoms. The molecule has 4 nitrogen and oxygen atoms in total. The Hall–Kier alpha value is -1.63. The number of anilines is 1. The molecule has 0 spiro atoms. The molecule has 24 heavy (non-hydrogen) atoms. The van der Waals surface area contributed by atoms with Crippen LogP contribution in [0.25, 0.3) is 0 Å². The SMILES string of the molecule is COc1ccc(N(Cc2cccs2)C(=S)NCCCN(C)C)cc1. The van der Waals surface area contributed by atoms with Gasteiger partial charge < -0.3 is 19.9 Å². The fourth-order valence-corrected chi connectivity index (χ4v) is 3.25. The van der Waals surface area contributed by atoms with Gasteiger partial charge in [-0.1, -0.05) is 6.07 Å². The molecule has 2 rings (SSSR count). The Kier molecular flexibility index (Phi) is 7.49. The summed E-state index contributed by atoms with van der Waals surface area (Å²) in [5.74, 6) is 0.847. The fraction of sp³-hybridized carbons (Fsp3) is 0.389. The molecule has 0 saturated carbocycles. The summed E-state index contributed by atoms with van der Waals surface area (Å²) in [6, 6.07) is 12.2. The van der Waals surface area contributed by atoms with Gasteiger partial charge in [0.1, 0.15) is 5.75 Å². The van der Waals surface area contributed by atoms with E-state index in [2.05, 4.69) is 46.7 Å². The maximum atomic E-state index is 5.65. The average Bonchev–Trinajstić information content (AvgIpc) is 3.09. The summed E-state index contributed by atoms with van der Waals surface area (Å²) >= 11 is 7.39. The normalized spacial score (nSPS) is 10.7. The van der Waals surface area contributed by atoms with Crippen LogP contribution in [0, 0.1) is 0 Å². The standard InChI is InChI=1S/C18H25N3OS2/c1-20(2)12-5-11-19-18(23)21(14-17-6-4-13-24-17)15-7-9-16(22-3)10-8-15/h4,6-10,13H,5,11-12,14H2,1-3H3,(H,19,23). The molecule has 2 aromatic rings. The Morgan fingerprint density at radius 3 is 2.54 bits per heavy atom. The van der Waals surface area contributed by atoms with E-state index in [1.807, 2.05) is 24.3 Å². The van der Waals surface area contributed by atoms with Crippen molar-refractivity contribution in [1.82, 2.24) is 10.2 Å². The van der Waals surface area contributed by atoms with Gasteiger partial charge >= 0.3 is 0 Å². The van der Waals surface area contributed by atoms with Crippen molar-refractivity contribution in [3.63, 3.8) is 0 Å². The lowest BCUT2D eigenvalue weighted by Gasteiger charge is -2.26. The fourth-order valence-electron chi connectivity index (χ4n) is 2.29. The molecular weight excluding hydrogens is 338 g/mol. The highest BCUT2D eigenvalue weighted by Gasteiger charge is 2.13. The highest BCUT2D eigenvalue weighted by atomic mass is 32.1. The van der Waals surface area contributed by atoms with E-state index >= 15 is 0 Å². The maximum Gasteiger partial charge on any atom is 0.173 e. The summed E-state index contributed by atoms with van der Waals surface area (Å²) in [5.41, 5.74) is 1.06. The summed E-state index contributed by atoms with van der Waals surface area (Å²) in [7, 11) is 5.84. The number of hydrogen-bond acceptors (Lipinski definition) is 4. The van der Waals surface area contributed by atoms with Crippen molar-refractivity contribution in [1.29, 1.82) is 0 Å². The minimum Gasteiger partial charge on any atom is -0.497 e. The number of thiocarbonyl (C=S) groups is 1. The highest BCUT2D eigenvalue weighted by molar-refractivity contribution is 7.80. The summed E-state index contributed by atoms with van der Waals surface area (Å²) < 4.78 is 5.25. The molecule has 1 aromatic heterocycles. The topological polar surface area (TPSA) is 27.7 Å². The van der Waals surface area contributed by atoms with Gasteiger partial charge in [-0.15, -0.1) is 11.3 Å². The van der Waals surface area contributed by atoms with Crippen molar-refractivity contribution < 1.29 is 4.74 Å². The molecule has 1 aromatic carbocycles. The number of thiophene rings is 1. The molecule has 0 amide bonds. The molecule has 1 N–H and O–H groups in total. The van der Waals surface area contributed by atoms with E-state index in [-0.39, 0.29) is 0 Å². The third-order valence-electron chi connectivity index (χ3n) is 3.58. The van der Waals surface area contributed by atoms with Crippen molar-refractivity contribution >= 4 is 34.4 Å². The Bertz CT molecular complexity index is 612. The predicted octanol–water partition coefficient (Wildman–Crippen LogP) is 3.59. The van der Waals surface area contributed by atoms with E-state index in [0.717, 1.165) is 42.6 Å². The van der Waals surface area contributed by atoms with Crippen molar-refractivity contribution in [2.24, 2.45) is 0 Å². The summed E-state index contributed by atoms with van der Waals surface area (Å²) in [6.07, 6.45) is 1.06. The zero-order valence-corrected chi connectivity index (χ0v) is 16.1. The smallest absolute Gasteiger partial charge is 0.173 e. The molecule has 0 aliphatic heterocycles. The maximum absolute atomic E-state index is 5.65. The van der Waals surface area contributed by atoms with Crippen molar-refractivity contribution in [2.75, 3.05) is 39.2 Å². The second kappa shape index (κ2) is 9.61. The third-order valence-corrected chi connectivity index (χ3v) is 4.81. The van der Waals surface area contributed by atoms with Gasteiger partial charge in [-0.3, -0.25) is 0 Å². The van der Waals surface area contributed by atoms with E-state index in [1.165, 1.54) is 4.88 Å². The largest absolute Gasteiger partial charge is 0.497 e. The van der Waals surface area contributed by atoms with Gasteiger partial charge in [0.05, 0.1) is 13.7 Å². The van der Waals surface area contributed by atoms with Crippen molar-refractivity contribution in [3.05, 3.63) is 46.7 Å². The number of nitrogens with one attached hydrogen (secondary N) is 1. The van der Waals surface area contributed by atoms with Crippen molar-refractivity contribution in [2.45, 2.75) is 13.0 Å². The van der Waals surface area contributed by atoms with Crippen LogP contribution < -0.4 is 15.0 Å². The van der Waals surface area contributed by atoms with E-state index in [4.69, 9.17) is 17.0 Å². The number of ether oxygens (including phenoxy) is 1. The number of hydrogen-bond donors (Lipinski definition) is 1. The molecule has 0 unspecified atom stereocenters. The van der Waals surface area contributed by atoms with Gasteiger partial charge in [-0.2, -0.15) is 0 Å². The van der Waals surface area contributed by atoms with Gasteiger partial charge in [-0.25, -0.2) is 0 Å². The third kappa shape index (κ3) is 5.78. The van der Waals surface area contributed by atoms with Gasteiger partial charge in [0.2, 0.25) is 0 Å². The second-order valence-corrected chi connectivity index (χ2v) is 7.17. The lowest BCUT2D eigenvalue weighted by Crippen LogP contribution is -2.40. The monoisotopic (exact) mass is 363 g/mol. The van der Waals surface area contributed by atoms with Gasteiger partial charge in [0.25, 0.3) is 0 Å². The summed E-state index contributed by atoms with van der Waals surface area (Å²) in [4.78, 5) is 5.59. The van der Waals surface area contributed by atoms with E-state index < -0.39 is 0 Å². The van der Waals surface area contributed by atoms with Crippen LogP contribution >= 0.6 is 23.6 Å².